The molecule has 2 N–H and O–H groups in total. The van der Waals surface area contributed by atoms with E-state index in [4.69, 9.17) is 4.74 Å². The normalized spacial score (nSPS) is 29.6. The first-order valence-electron chi connectivity index (χ1n) is 13.2. The molecule has 216 valence electrons. The molecule has 5 rings (SSSR count). The Kier molecular flexibility index (Phi) is 6.88. The molecule has 0 aromatic heterocycles. The number of carboxylic acid groups (broad SMARTS) is 1. The molecule has 6 nitrogen and oxygen atoms in total. The summed E-state index contributed by atoms with van der Waals surface area (Å²) in [5.74, 6) is -2.51. The summed E-state index contributed by atoms with van der Waals surface area (Å²) in [6.45, 7) is 0.555. The van der Waals surface area contributed by atoms with E-state index in [-0.39, 0.29) is 44.6 Å². The maximum atomic E-state index is 14.8. The lowest BCUT2D eigenvalue weighted by Gasteiger charge is -2.45. The summed E-state index contributed by atoms with van der Waals surface area (Å²) >= 11 is 0. The number of fused-ring (bicyclic) bond motifs is 3. The van der Waals surface area contributed by atoms with Crippen molar-refractivity contribution < 1.29 is 46.5 Å². The van der Waals surface area contributed by atoms with Crippen LogP contribution in [0, 0.1) is 11.7 Å². The highest BCUT2D eigenvalue weighted by atomic mass is 19.4. The summed E-state index contributed by atoms with van der Waals surface area (Å²) in [6, 6.07) is 8.70. The standard InChI is InChI=1S/C29H30F5NO5/c1-26(31,29(32,33)34)19-4-7-21-22(14-19)40-16-23-27(21,15-17-2-5-20(30)6-3-17)12-13-35(23)25(38)28(39)10-8-18(9-11-28)24(36)37/h2-7,14,18,23,39H,8-13,15-16H2,1H3,(H,36,37). The first-order chi connectivity index (χ1) is 18.7. The van der Waals surface area contributed by atoms with E-state index in [1.807, 2.05) is 0 Å². The maximum absolute atomic E-state index is 14.8. The number of aliphatic hydroxyl groups is 1. The number of hydrogen-bond donors (Lipinski definition) is 2. The average molecular weight is 568 g/mol. The maximum Gasteiger partial charge on any atom is 0.426 e. The number of aliphatic carboxylic acids is 1. The van der Waals surface area contributed by atoms with Crippen molar-refractivity contribution in [1.29, 1.82) is 0 Å². The second-order valence-corrected chi connectivity index (χ2v) is 11.4. The molecule has 1 amide bonds. The summed E-state index contributed by atoms with van der Waals surface area (Å²) in [5.41, 5.74) is -5.59. The first-order valence-corrected chi connectivity index (χ1v) is 13.2. The van der Waals surface area contributed by atoms with E-state index >= 15 is 0 Å². The fraction of sp³-hybridized carbons (Fsp3) is 0.517. The Morgan fingerprint density at radius 1 is 1.05 bits per heavy atom. The van der Waals surface area contributed by atoms with E-state index in [0.717, 1.165) is 17.7 Å². The predicted molar refractivity (Wildman–Crippen MR) is 133 cm³/mol. The molecule has 1 aliphatic carbocycles. The van der Waals surface area contributed by atoms with Crippen LogP contribution in [0.5, 0.6) is 5.75 Å². The number of carbonyl (C=O) groups is 2. The molecule has 1 saturated heterocycles. The van der Waals surface area contributed by atoms with E-state index in [9.17, 15) is 41.8 Å². The van der Waals surface area contributed by atoms with Crippen LogP contribution in [0.4, 0.5) is 22.0 Å². The third-order valence-corrected chi connectivity index (χ3v) is 9.06. The van der Waals surface area contributed by atoms with Gasteiger partial charge in [0.05, 0.1) is 12.0 Å². The zero-order chi connectivity index (χ0) is 29.1. The van der Waals surface area contributed by atoms with E-state index in [0.29, 0.717) is 25.3 Å². The number of amides is 1. The number of alkyl halides is 4. The van der Waals surface area contributed by atoms with Gasteiger partial charge < -0.3 is 19.8 Å². The molecule has 0 spiro atoms. The summed E-state index contributed by atoms with van der Waals surface area (Å²) in [5, 5.41) is 20.6. The molecule has 3 aliphatic rings. The van der Waals surface area contributed by atoms with Crippen molar-refractivity contribution >= 4 is 11.9 Å². The quantitative estimate of drug-likeness (QED) is 0.494. The van der Waals surface area contributed by atoms with Crippen LogP contribution >= 0.6 is 0 Å². The first kappa shape index (κ1) is 28.3. The zero-order valence-electron chi connectivity index (χ0n) is 21.8. The van der Waals surface area contributed by atoms with Crippen molar-refractivity contribution in [3.8, 4) is 5.75 Å². The molecule has 2 fully saturated rings. The largest absolute Gasteiger partial charge is 0.491 e. The van der Waals surface area contributed by atoms with Crippen molar-refractivity contribution in [3.63, 3.8) is 0 Å². The lowest BCUT2D eigenvalue weighted by atomic mass is 9.68. The van der Waals surface area contributed by atoms with E-state index < -0.39 is 58.1 Å². The molecular weight excluding hydrogens is 537 g/mol. The third-order valence-electron chi connectivity index (χ3n) is 9.06. The number of ether oxygens (including phenoxy) is 1. The van der Waals surface area contributed by atoms with Crippen LogP contribution in [-0.4, -0.2) is 58.0 Å². The fourth-order valence-electron chi connectivity index (χ4n) is 6.52. The topological polar surface area (TPSA) is 87.1 Å². The predicted octanol–water partition coefficient (Wildman–Crippen LogP) is 5.05. The number of carboxylic acids is 1. The van der Waals surface area contributed by atoms with Crippen molar-refractivity contribution in [2.75, 3.05) is 13.2 Å². The summed E-state index contributed by atoms with van der Waals surface area (Å²) in [6.07, 6.45) is -4.19. The number of carbonyl (C=O) groups excluding carboxylic acids is 1. The van der Waals surface area contributed by atoms with Gasteiger partial charge in [-0.25, -0.2) is 8.78 Å². The Balaban J connectivity index is 1.52. The van der Waals surface area contributed by atoms with E-state index in [1.165, 1.54) is 23.1 Å². The molecule has 0 radical (unpaired) electrons. The highest BCUT2D eigenvalue weighted by molar-refractivity contribution is 5.86. The molecule has 1 saturated carbocycles. The Hall–Kier alpha value is -3.21. The molecule has 11 heteroatoms. The van der Waals surface area contributed by atoms with Crippen molar-refractivity contribution in [1.82, 2.24) is 4.90 Å². The van der Waals surface area contributed by atoms with Crippen LogP contribution in [0.1, 0.15) is 55.7 Å². The van der Waals surface area contributed by atoms with Crippen molar-refractivity contribution in [2.45, 2.75) is 74.4 Å². The van der Waals surface area contributed by atoms with Gasteiger partial charge in [0.25, 0.3) is 5.91 Å². The minimum Gasteiger partial charge on any atom is -0.491 e. The number of likely N-dealkylation sites (tertiary alicyclic amines) is 1. The number of nitrogens with zero attached hydrogens (tertiary/aromatic N) is 1. The molecule has 2 aliphatic heterocycles. The van der Waals surface area contributed by atoms with Gasteiger partial charge >= 0.3 is 12.1 Å². The van der Waals surface area contributed by atoms with Gasteiger partial charge in [-0.3, -0.25) is 9.59 Å². The lowest BCUT2D eigenvalue weighted by Crippen LogP contribution is -2.58. The monoisotopic (exact) mass is 567 g/mol. The Morgan fingerprint density at radius 2 is 1.70 bits per heavy atom. The number of halogens is 5. The minimum atomic E-state index is -5.14. The van der Waals surface area contributed by atoms with Gasteiger partial charge in [0.2, 0.25) is 5.67 Å². The molecule has 2 heterocycles. The molecule has 2 aromatic carbocycles. The van der Waals surface area contributed by atoms with E-state index in [2.05, 4.69) is 0 Å². The highest BCUT2D eigenvalue weighted by Gasteiger charge is 2.58. The van der Waals surface area contributed by atoms with Crippen LogP contribution in [0.25, 0.3) is 0 Å². The third kappa shape index (κ3) is 4.61. The van der Waals surface area contributed by atoms with Gasteiger partial charge in [0, 0.05) is 23.1 Å². The van der Waals surface area contributed by atoms with Gasteiger partial charge in [-0.1, -0.05) is 24.3 Å². The number of hydrogen-bond acceptors (Lipinski definition) is 4. The van der Waals surface area contributed by atoms with Crippen LogP contribution < -0.4 is 4.74 Å². The molecule has 3 atom stereocenters. The minimum absolute atomic E-state index is 0.00961. The second-order valence-electron chi connectivity index (χ2n) is 11.4. The average Bonchev–Trinajstić information content (AvgIpc) is 3.28. The van der Waals surface area contributed by atoms with Gasteiger partial charge in [0.1, 0.15) is 23.8 Å². The Bertz CT molecular complexity index is 1300. The van der Waals surface area contributed by atoms with Crippen LogP contribution in [-0.2, 0) is 27.1 Å². The zero-order valence-corrected chi connectivity index (χ0v) is 21.8. The van der Waals surface area contributed by atoms with Gasteiger partial charge in [-0.05, 0) is 69.2 Å². The van der Waals surface area contributed by atoms with Crippen molar-refractivity contribution in [2.24, 2.45) is 5.92 Å². The number of benzene rings is 2. The Labute approximate surface area is 227 Å². The van der Waals surface area contributed by atoms with Crippen molar-refractivity contribution in [3.05, 3.63) is 65.0 Å². The molecule has 3 unspecified atom stereocenters. The molecule has 40 heavy (non-hydrogen) atoms. The summed E-state index contributed by atoms with van der Waals surface area (Å²) < 4.78 is 74.6. The molecule has 0 bridgehead atoms. The second kappa shape index (κ2) is 9.71. The smallest absolute Gasteiger partial charge is 0.426 e. The van der Waals surface area contributed by atoms with Gasteiger partial charge in [-0.2, -0.15) is 13.2 Å². The van der Waals surface area contributed by atoms with Gasteiger partial charge in [0.15, 0.2) is 0 Å². The van der Waals surface area contributed by atoms with Gasteiger partial charge in [-0.15, -0.1) is 0 Å². The lowest BCUT2D eigenvalue weighted by molar-refractivity contribution is -0.228. The Morgan fingerprint density at radius 3 is 2.30 bits per heavy atom. The van der Waals surface area contributed by atoms with Crippen LogP contribution in [0.3, 0.4) is 0 Å². The highest BCUT2D eigenvalue weighted by Crippen LogP contribution is 2.52. The fourth-order valence-corrected chi connectivity index (χ4v) is 6.52. The molecular formula is C29H30F5NO5. The number of rotatable bonds is 5. The summed E-state index contributed by atoms with van der Waals surface area (Å²) in [7, 11) is 0. The SMILES string of the molecule is CC(F)(c1ccc2c(c1)OCC1N(C(=O)C3(O)CCC(C(=O)O)CC3)CCC21Cc1ccc(F)cc1)C(F)(F)F. The summed E-state index contributed by atoms with van der Waals surface area (Å²) in [4.78, 5) is 26.6. The van der Waals surface area contributed by atoms with E-state index in [1.54, 1.807) is 12.1 Å². The van der Waals surface area contributed by atoms with Crippen LogP contribution in [0.15, 0.2) is 42.5 Å². The molecule has 2 aromatic rings. The van der Waals surface area contributed by atoms with Crippen LogP contribution in [0.2, 0.25) is 0 Å².